The zero-order valence-electron chi connectivity index (χ0n) is 8.34. The first-order chi connectivity index (χ1) is 7.24. The number of hydrogen-bond acceptors (Lipinski definition) is 3. The van der Waals surface area contributed by atoms with Crippen LogP contribution >= 0.6 is 15.9 Å². The van der Waals surface area contributed by atoms with E-state index in [0.717, 1.165) is 5.56 Å². The molecule has 0 saturated carbocycles. The Morgan fingerprint density at radius 2 is 1.93 bits per heavy atom. The molecule has 0 spiro atoms. The fourth-order valence-electron chi connectivity index (χ4n) is 1.10. The standard InChI is InChI=1S/C11H15BrO3/c12-10(6-13)11(14)8-15-7-9-4-2-1-3-5-9/h1-5,10-11,13-14H,6-8H2/t10-,11-/m0/s1. The predicted molar refractivity (Wildman–Crippen MR) is 61.9 cm³/mol. The number of aliphatic hydroxyl groups excluding tert-OH is 2. The fourth-order valence-corrected chi connectivity index (χ4v) is 1.25. The summed E-state index contributed by atoms with van der Waals surface area (Å²) >= 11 is 3.15. The molecule has 0 amide bonds. The summed E-state index contributed by atoms with van der Waals surface area (Å²) in [5, 5.41) is 18.2. The lowest BCUT2D eigenvalue weighted by molar-refractivity contribution is 0.0215. The van der Waals surface area contributed by atoms with Crippen LogP contribution < -0.4 is 0 Å². The van der Waals surface area contributed by atoms with Gasteiger partial charge in [-0.2, -0.15) is 0 Å². The number of halogens is 1. The molecule has 84 valence electrons. The highest BCUT2D eigenvalue weighted by Crippen LogP contribution is 2.07. The Kier molecular flexibility index (Phi) is 5.86. The number of benzene rings is 1. The monoisotopic (exact) mass is 274 g/mol. The highest BCUT2D eigenvalue weighted by molar-refractivity contribution is 9.09. The van der Waals surface area contributed by atoms with Gasteiger partial charge < -0.3 is 14.9 Å². The second kappa shape index (κ2) is 6.95. The lowest BCUT2D eigenvalue weighted by Gasteiger charge is -2.14. The van der Waals surface area contributed by atoms with Crippen molar-refractivity contribution in [3.05, 3.63) is 35.9 Å². The molecule has 0 aliphatic rings. The molecular formula is C11H15BrO3. The van der Waals surface area contributed by atoms with Crippen molar-refractivity contribution in [1.82, 2.24) is 0 Å². The molecule has 15 heavy (non-hydrogen) atoms. The average molecular weight is 275 g/mol. The van der Waals surface area contributed by atoms with Crippen LogP contribution in [0.4, 0.5) is 0 Å². The van der Waals surface area contributed by atoms with Gasteiger partial charge in [0.15, 0.2) is 0 Å². The summed E-state index contributed by atoms with van der Waals surface area (Å²) < 4.78 is 5.31. The lowest BCUT2D eigenvalue weighted by atomic mass is 10.2. The SMILES string of the molecule is OC[C@H](Br)[C@@H](O)COCc1ccccc1. The maximum absolute atomic E-state index is 9.46. The van der Waals surface area contributed by atoms with Crippen LogP contribution in [-0.2, 0) is 11.3 Å². The van der Waals surface area contributed by atoms with Crippen LogP contribution in [0, 0.1) is 0 Å². The minimum atomic E-state index is -0.682. The Morgan fingerprint density at radius 1 is 1.27 bits per heavy atom. The predicted octanol–water partition coefficient (Wildman–Crippen LogP) is 1.32. The minimum absolute atomic E-state index is 0.101. The molecule has 4 heteroatoms. The number of rotatable bonds is 6. The minimum Gasteiger partial charge on any atom is -0.395 e. The van der Waals surface area contributed by atoms with Crippen LogP contribution in [0.3, 0.4) is 0 Å². The highest BCUT2D eigenvalue weighted by atomic mass is 79.9. The van der Waals surface area contributed by atoms with E-state index in [4.69, 9.17) is 9.84 Å². The van der Waals surface area contributed by atoms with E-state index < -0.39 is 6.10 Å². The van der Waals surface area contributed by atoms with E-state index in [1.165, 1.54) is 0 Å². The fraction of sp³-hybridized carbons (Fsp3) is 0.455. The molecule has 0 aromatic heterocycles. The third kappa shape index (κ3) is 4.75. The summed E-state index contributed by atoms with van der Waals surface area (Å²) in [6, 6.07) is 9.75. The van der Waals surface area contributed by atoms with Crippen molar-refractivity contribution in [2.45, 2.75) is 17.5 Å². The van der Waals surface area contributed by atoms with Crippen molar-refractivity contribution in [2.24, 2.45) is 0 Å². The van der Waals surface area contributed by atoms with E-state index in [2.05, 4.69) is 15.9 Å². The second-order valence-electron chi connectivity index (χ2n) is 3.27. The van der Waals surface area contributed by atoms with Gasteiger partial charge in [-0.3, -0.25) is 0 Å². The summed E-state index contributed by atoms with van der Waals surface area (Å²) in [6.07, 6.45) is -0.682. The van der Waals surface area contributed by atoms with Crippen molar-refractivity contribution in [3.63, 3.8) is 0 Å². The molecule has 0 unspecified atom stereocenters. The smallest absolute Gasteiger partial charge is 0.0920 e. The summed E-state index contributed by atoms with van der Waals surface area (Å²) in [4.78, 5) is -0.326. The van der Waals surface area contributed by atoms with Crippen molar-refractivity contribution >= 4 is 15.9 Å². The summed E-state index contributed by atoms with van der Waals surface area (Å²) in [6.45, 7) is 0.588. The van der Waals surface area contributed by atoms with Gasteiger partial charge in [-0.25, -0.2) is 0 Å². The lowest BCUT2D eigenvalue weighted by Crippen LogP contribution is -2.28. The van der Waals surface area contributed by atoms with Crippen LogP contribution in [0.1, 0.15) is 5.56 Å². The second-order valence-corrected chi connectivity index (χ2v) is 4.44. The highest BCUT2D eigenvalue weighted by Gasteiger charge is 2.14. The summed E-state index contributed by atoms with van der Waals surface area (Å²) in [5.41, 5.74) is 1.07. The van der Waals surface area contributed by atoms with E-state index in [0.29, 0.717) is 6.61 Å². The molecule has 1 aromatic rings. The van der Waals surface area contributed by atoms with Crippen LogP contribution in [0.2, 0.25) is 0 Å². The third-order valence-electron chi connectivity index (χ3n) is 1.99. The third-order valence-corrected chi connectivity index (χ3v) is 2.89. The Labute approximate surface area is 97.8 Å². The molecule has 0 bridgehead atoms. The van der Waals surface area contributed by atoms with E-state index in [-0.39, 0.29) is 18.0 Å². The van der Waals surface area contributed by atoms with Crippen molar-refractivity contribution in [2.75, 3.05) is 13.2 Å². The molecule has 2 atom stereocenters. The Balaban J connectivity index is 2.22. The van der Waals surface area contributed by atoms with Crippen LogP contribution in [-0.4, -0.2) is 34.4 Å². The average Bonchev–Trinajstić information content (AvgIpc) is 2.29. The molecule has 1 aromatic carbocycles. The normalized spacial score (nSPS) is 14.9. The number of ether oxygens (including phenoxy) is 1. The van der Waals surface area contributed by atoms with Crippen LogP contribution in [0.15, 0.2) is 30.3 Å². The van der Waals surface area contributed by atoms with Crippen molar-refractivity contribution < 1.29 is 14.9 Å². The maximum atomic E-state index is 9.46. The van der Waals surface area contributed by atoms with E-state index >= 15 is 0 Å². The first kappa shape index (κ1) is 12.6. The largest absolute Gasteiger partial charge is 0.395 e. The first-order valence-corrected chi connectivity index (χ1v) is 5.70. The summed E-state index contributed by atoms with van der Waals surface area (Å²) in [7, 11) is 0. The van der Waals surface area contributed by atoms with E-state index in [1.807, 2.05) is 30.3 Å². The molecule has 0 fully saturated rings. The molecule has 3 nitrogen and oxygen atoms in total. The quantitative estimate of drug-likeness (QED) is 0.770. The molecule has 1 rings (SSSR count). The maximum Gasteiger partial charge on any atom is 0.0920 e. The van der Waals surface area contributed by atoms with Crippen LogP contribution in [0.25, 0.3) is 0 Å². The number of aliphatic hydroxyl groups is 2. The number of hydrogen-bond donors (Lipinski definition) is 2. The van der Waals surface area contributed by atoms with Gasteiger partial charge in [0.2, 0.25) is 0 Å². The zero-order chi connectivity index (χ0) is 11.1. The topological polar surface area (TPSA) is 49.7 Å². The molecule has 0 heterocycles. The van der Waals surface area contributed by atoms with Gasteiger partial charge in [-0.05, 0) is 5.56 Å². The molecule has 0 saturated heterocycles. The van der Waals surface area contributed by atoms with Crippen molar-refractivity contribution in [1.29, 1.82) is 0 Å². The Hall–Kier alpha value is -0.420. The van der Waals surface area contributed by atoms with Gasteiger partial charge in [-0.15, -0.1) is 0 Å². The summed E-state index contributed by atoms with van der Waals surface area (Å²) in [5.74, 6) is 0. The van der Waals surface area contributed by atoms with Gasteiger partial charge >= 0.3 is 0 Å². The molecular weight excluding hydrogens is 260 g/mol. The molecule has 2 N–H and O–H groups in total. The van der Waals surface area contributed by atoms with Crippen LogP contribution in [0.5, 0.6) is 0 Å². The van der Waals surface area contributed by atoms with Gasteiger partial charge in [0.1, 0.15) is 0 Å². The van der Waals surface area contributed by atoms with Gasteiger partial charge in [0.05, 0.1) is 30.8 Å². The molecule has 0 aliphatic carbocycles. The first-order valence-electron chi connectivity index (χ1n) is 4.78. The van der Waals surface area contributed by atoms with E-state index in [1.54, 1.807) is 0 Å². The number of alkyl halides is 1. The molecule has 0 radical (unpaired) electrons. The zero-order valence-corrected chi connectivity index (χ0v) is 9.93. The van der Waals surface area contributed by atoms with Crippen molar-refractivity contribution in [3.8, 4) is 0 Å². The Bertz CT molecular complexity index is 266. The van der Waals surface area contributed by atoms with E-state index in [9.17, 15) is 5.11 Å². The molecule has 0 aliphatic heterocycles. The van der Waals surface area contributed by atoms with Gasteiger partial charge in [0.25, 0.3) is 0 Å². The Morgan fingerprint density at radius 3 is 2.53 bits per heavy atom. The van der Waals surface area contributed by atoms with Gasteiger partial charge in [-0.1, -0.05) is 46.3 Å². The van der Waals surface area contributed by atoms with Gasteiger partial charge in [0, 0.05) is 0 Å².